The minimum Gasteiger partial charge on any atom is -0.355 e. The molecule has 2 aromatic carbocycles. The second-order valence-corrected chi connectivity index (χ2v) is 9.74. The maximum Gasteiger partial charge on any atom is 0.226 e. The Labute approximate surface area is 178 Å². The SMILES string of the molecule is CN(Cc1ccccc1)C1=NC2=C(S(=O)(=O)c3ccccc3)NNN2c2sccc21. The molecule has 5 rings (SSSR count). The molecule has 0 atom stereocenters. The zero-order chi connectivity index (χ0) is 20.7. The van der Waals surface area contributed by atoms with Crippen LogP contribution in [0.2, 0.25) is 0 Å². The van der Waals surface area contributed by atoms with Crippen molar-refractivity contribution < 1.29 is 8.42 Å². The van der Waals surface area contributed by atoms with Crippen molar-refractivity contribution in [1.82, 2.24) is 15.9 Å². The van der Waals surface area contributed by atoms with E-state index >= 15 is 0 Å². The molecule has 152 valence electrons. The molecular formula is C21H19N5O2S2. The topological polar surface area (TPSA) is 77.0 Å². The van der Waals surface area contributed by atoms with Gasteiger partial charge in [-0.2, -0.15) is 0 Å². The fourth-order valence-electron chi connectivity index (χ4n) is 3.50. The number of hydrogen-bond donors (Lipinski definition) is 2. The average Bonchev–Trinajstić information content (AvgIpc) is 3.41. The molecule has 9 heteroatoms. The van der Waals surface area contributed by atoms with Crippen LogP contribution in [0.25, 0.3) is 0 Å². The second kappa shape index (κ2) is 7.28. The van der Waals surface area contributed by atoms with Crippen LogP contribution >= 0.6 is 11.3 Å². The van der Waals surface area contributed by atoms with Gasteiger partial charge in [-0.1, -0.05) is 48.5 Å². The van der Waals surface area contributed by atoms with Gasteiger partial charge in [0, 0.05) is 13.6 Å². The zero-order valence-corrected chi connectivity index (χ0v) is 17.7. The zero-order valence-electron chi connectivity index (χ0n) is 16.1. The molecule has 7 nitrogen and oxygen atoms in total. The molecule has 3 aromatic rings. The van der Waals surface area contributed by atoms with Crippen molar-refractivity contribution in [2.45, 2.75) is 11.4 Å². The summed E-state index contributed by atoms with van der Waals surface area (Å²) in [6.45, 7) is 0.657. The molecule has 30 heavy (non-hydrogen) atoms. The highest BCUT2D eigenvalue weighted by atomic mass is 32.2. The lowest BCUT2D eigenvalue weighted by Gasteiger charge is -2.29. The van der Waals surface area contributed by atoms with Crippen molar-refractivity contribution in [3.63, 3.8) is 0 Å². The van der Waals surface area contributed by atoms with E-state index in [0.717, 1.165) is 22.0 Å². The molecule has 0 amide bonds. The molecule has 0 bridgehead atoms. The van der Waals surface area contributed by atoms with Gasteiger partial charge in [0.05, 0.1) is 10.5 Å². The van der Waals surface area contributed by atoms with Crippen molar-refractivity contribution in [1.29, 1.82) is 0 Å². The highest BCUT2D eigenvalue weighted by Gasteiger charge is 2.38. The summed E-state index contributed by atoms with van der Waals surface area (Å²) in [5, 5.41) is 4.60. The Balaban J connectivity index is 1.60. The van der Waals surface area contributed by atoms with E-state index in [-0.39, 0.29) is 9.92 Å². The van der Waals surface area contributed by atoms with Crippen LogP contribution in [0, 0.1) is 0 Å². The van der Waals surface area contributed by atoms with E-state index in [9.17, 15) is 8.42 Å². The number of nitrogens with zero attached hydrogens (tertiary/aromatic N) is 3. The lowest BCUT2D eigenvalue weighted by atomic mass is 10.2. The van der Waals surface area contributed by atoms with Gasteiger partial charge in [-0.3, -0.25) is 5.43 Å². The van der Waals surface area contributed by atoms with Crippen LogP contribution in [-0.2, 0) is 16.4 Å². The maximum atomic E-state index is 13.2. The van der Waals surface area contributed by atoms with Crippen LogP contribution < -0.4 is 16.0 Å². The lowest BCUT2D eigenvalue weighted by Crippen LogP contribution is -2.41. The van der Waals surface area contributed by atoms with E-state index in [1.54, 1.807) is 35.3 Å². The Morgan fingerprint density at radius 2 is 1.73 bits per heavy atom. The van der Waals surface area contributed by atoms with Gasteiger partial charge in [0.2, 0.25) is 9.84 Å². The molecule has 1 aromatic heterocycles. The molecule has 0 aliphatic carbocycles. The van der Waals surface area contributed by atoms with E-state index in [0.29, 0.717) is 12.4 Å². The van der Waals surface area contributed by atoms with E-state index in [1.807, 2.05) is 41.6 Å². The number of aliphatic imine (C=N–C) groups is 1. The Kier molecular flexibility index (Phi) is 4.58. The Morgan fingerprint density at radius 3 is 2.47 bits per heavy atom. The monoisotopic (exact) mass is 437 g/mol. The summed E-state index contributed by atoms with van der Waals surface area (Å²) in [5.74, 6) is 1.07. The van der Waals surface area contributed by atoms with Crippen LogP contribution in [0.1, 0.15) is 11.1 Å². The quantitative estimate of drug-likeness (QED) is 0.653. The summed E-state index contributed by atoms with van der Waals surface area (Å²) >= 11 is 1.52. The molecule has 0 saturated carbocycles. The van der Waals surface area contributed by atoms with Crippen LogP contribution in [0.5, 0.6) is 0 Å². The first-order chi connectivity index (χ1) is 14.6. The molecule has 2 N–H and O–H groups in total. The van der Waals surface area contributed by atoms with Crippen molar-refractivity contribution in [2.75, 3.05) is 12.1 Å². The van der Waals surface area contributed by atoms with Gasteiger partial charge in [0.15, 0.2) is 10.9 Å². The van der Waals surface area contributed by atoms with E-state index in [2.05, 4.69) is 23.1 Å². The summed E-state index contributed by atoms with van der Waals surface area (Å²) in [7, 11) is -1.80. The largest absolute Gasteiger partial charge is 0.355 e. The van der Waals surface area contributed by atoms with Gasteiger partial charge < -0.3 is 4.90 Å². The summed E-state index contributed by atoms with van der Waals surface area (Å²) in [6, 6.07) is 20.5. The fraction of sp³-hybridized carbons (Fsp3) is 0.0952. The lowest BCUT2D eigenvalue weighted by molar-refractivity contribution is 0.499. The summed E-state index contributed by atoms with van der Waals surface area (Å²) in [4.78, 5) is 7.03. The first-order valence-corrected chi connectivity index (χ1v) is 11.7. The van der Waals surface area contributed by atoms with Crippen molar-refractivity contribution >= 4 is 32.0 Å². The average molecular weight is 438 g/mol. The molecule has 0 spiro atoms. The van der Waals surface area contributed by atoms with Crippen LogP contribution in [-0.4, -0.2) is 26.2 Å². The van der Waals surface area contributed by atoms with E-state index in [1.165, 1.54) is 11.3 Å². The maximum absolute atomic E-state index is 13.2. The molecule has 0 fully saturated rings. The number of fused-ring (bicyclic) bond motifs is 3. The van der Waals surface area contributed by atoms with Crippen molar-refractivity contribution in [3.05, 3.63) is 94.1 Å². The third kappa shape index (κ3) is 3.07. The second-order valence-electron chi connectivity index (χ2n) is 6.96. The summed E-state index contributed by atoms with van der Waals surface area (Å²) in [5.41, 5.74) is 7.88. The molecule has 0 saturated heterocycles. The highest BCUT2D eigenvalue weighted by Crippen LogP contribution is 2.38. The highest BCUT2D eigenvalue weighted by molar-refractivity contribution is 7.95. The predicted octanol–water partition coefficient (Wildman–Crippen LogP) is 3.07. The standard InChI is InChI=1S/C21H19N5O2S2/c1-25(14-15-8-4-2-5-9-15)18-17-12-13-29-21(17)26-19(22-18)20(23-24-26)30(27,28)16-10-6-3-7-11-16/h2-13,23-24H,14H2,1H3. The first-order valence-electron chi connectivity index (χ1n) is 9.33. The minimum atomic E-state index is -3.76. The van der Waals surface area contributed by atoms with Crippen molar-refractivity contribution in [3.8, 4) is 0 Å². The molecule has 2 aliphatic heterocycles. The van der Waals surface area contributed by atoms with Gasteiger partial charge >= 0.3 is 0 Å². The smallest absolute Gasteiger partial charge is 0.226 e. The molecule has 3 heterocycles. The number of rotatable bonds is 4. The molecule has 0 radical (unpaired) electrons. The van der Waals surface area contributed by atoms with Gasteiger partial charge in [0.25, 0.3) is 0 Å². The molecule has 2 aliphatic rings. The third-order valence-corrected chi connectivity index (χ3v) is 7.56. The number of anilines is 1. The third-order valence-electron chi connectivity index (χ3n) is 4.94. The number of thiophene rings is 1. The minimum absolute atomic E-state index is 0.0401. The number of amidine groups is 1. The Bertz CT molecular complexity index is 1250. The van der Waals surface area contributed by atoms with Gasteiger partial charge in [-0.25, -0.2) is 18.4 Å². The first kappa shape index (κ1) is 18.9. The molecular weight excluding hydrogens is 418 g/mol. The molecule has 0 unspecified atom stereocenters. The van der Waals surface area contributed by atoms with Gasteiger partial charge in [0.1, 0.15) is 10.8 Å². The number of hydrazine groups is 2. The number of nitrogens with one attached hydrogen (secondary N) is 2. The summed E-state index contributed by atoms with van der Waals surface area (Å²) < 4.78 is 26.5. The van der Waals surface area contributed by atoms with Gasteiger partial charge in [-0.05, 0) is 29.1 Å². The Hall–Kier alpha value is -3.14. The predicted molar refractivity (Wildman–Crippen MR) is 118 cm³/mol. The van der Waals surface area contributed by atoms with Crippen LogP contribution in [0.15, 0.2) is 92.8 Å². The van der Waals surface area contributed by atoms with Crippen molar-refractivity contribution in [2.24, 2.45) is 4.99 Å². The number of hydrogen-bond acceptors (Lipinski definition) is 8. The fourth-order valence-corrected chi connectivity index (χ4v) is 5.66. The normalized spacial score (nSPS) is 15.4. The Morgan fingerprint density at radius 1 is 1.03 bits per heavy atom. The van der Waals surface area contributed by atoms with Crippen LogP contribution in [0.4, 0.5) is 5.00 Å². The number of benzene rings is 2. The number of sulfone groups is 1. The van der Waals surface area contributed by atoms with Crippen LogP contribution in [0.3, 0.4) is 0 Å². The van der Waals surface area contributed by atoms with E-state index in [4.69, 9.17) is 4.99 Å². The van der Waals surface area contributed by atoms with E-state index < -0.39 is 9.84 Å². The van der Waals surface area contributed by atoms with Gasteiger partial charge in [-0.15, -0.1) is 16.9 Å². The summed E-state index contributed by atoms with van der Waals surface area (Å²) in [6.07, 6.45) is 0.